The third-order valence-corrected chi connectivity index (χ3v) is 5.74. The quantitative estimate of drug-likeness (QED) is 0.419. The number of hydrogen-bond acceptors (Lipinski definition) is 7. The topological polar surface area (TPSA) is 94.8 Å². The Kier molecular flexibility index (Phi) is 6.18. The van der Waals surface area contributed by atoms with Gasteiger partial charge in [0.1, 0.15) is 22.9 Å². The first-order valence-corrected chi connectivity index (χ1v) is 10.9. The number of fused-ring (bicyclic) bond motifs is 1. The van der Waals surface area contributed by atoms with Gasteiger partial charge >= 0.3 is 5.97 Å². The fourth-order valence-electron chi connectivity index (χ4n) is 3.16. The van der Waals surface area contributed by atoms with Crippen molar-refractivity contribution in [3.8, 4) is 5.75 Å². The number of nitrogens with zero attached hydrogens (tertiary/aromatic N) is 3. The van der Waals surface area contributed by atoms with Crippen LogP contribution in [0.4, 0.5) is 5.13 Å². The number of benzene rings is 1. The number of anilines is 1. The minimum absolute atomic E-state index is 0.277. The summed E-state index contributed by atoms with van der Waals surface area (Å²) in [4.78, 5) is 33.9. The third-order valence-electron chi connectivity index (χ3n) is 4.69. The van der Waals surface area contributed by atoms with Crippen molar-refractivity contribution in [1.29, 1.82) is 0 Å². The molecule has 9 heteroatoms. The van der Waals surface area contributed by atoms with E-state index in [1.165, 1.54) is 0 Å². The fraction of sp³-hybridized carbons (Fsp3) is 0.217. The van der Waals surface area contributed by atoms with Gasteiger partial charge in [-0.15, -0.1) is 0 Å². The van der Waals surface area contributed by atoms with Crippen molar-refractivity contribution in [3.63, 3.8) is 0 Å². The minimum Gasteiger partial charge on any atom is -0.487 e. The standard InChI is InChI=1S/C23H22N4O4S/c1-4-30-22(29)19-15(3)24-23(32-19)26-21(28)16-8-5-9-18(11-16)31-13-17-12-27-10-6-7-14(2)20(27)25-17/h5-12H,4,13H2,1-3H3,(H,24,26,28). The highest BCUT2D eigenvalue weighted by Gasteiger charge is 2.18. The van der Waals surface area contributed by atoms with Crippen molar-refractivity contribution >= 4 is 34.0 Å². The lowest BCUT2D eigenvalue weighted by atomic mass is 10.2. The van der Waals surface area contributed by atoms with Crippen LogP contribution in [0.2, 0.25) is 0 Å². The van der Waals surface area contributed by atoms with Gasteiger partial charge in [0.25, 0.3) is 5.91 Å². The van der Waals surface area contributed by atoms with Crippen LogP contribution in [-0.4, -0.2) is 32.9 Å². The molecule has 4 rings (SSSR count). The van der Waals surface area contributed by atoms with Crippen molar-refractivity contribution in [1.82, 2.24) is 14.4 Å². The Morgan fingerprint density at radius 1 is 1.16 bits per heavy atom. The summed E-state index contributed by atoms with van der Waals surface area (Å²) in [5.74, 6) is -0.238. The van der Waals surface area contributed by atoms with Crippen molar-refractivity contribution in [2.24, 2.45) is 0 Å². The smallest absolute Gasteiger partial charge is 0.350 e. The molecule has 3 aromatic heterocycles. The monoisotopic (exact) mass is 450 g/mol. The number of hydrogen-bond donors (Lipinski definition) is 1. The zero-order valence-electron chi connectivity index (χ0n) is 17.9. The van der Waals surface area contributed by atoms with E-state index in [0.717, 1.165) is 28.2 Å². The molecule has 3 heterocycles. The number of rotatable bonds is 7. The van der Waals surface area contributed by atoms with Crippen LogP contribution in [0.25, 0.3) is 5.65 Å². The molecule has 164 valence electrons. The summed E-state index contributed by atoms with van der Waals surface area (Å²) in [6.45, 7) is 6.00. The molecule has 0 atom stereocenters. The molecule has 1 aromatic carbocycles. The Labute approximate surface area is 188 Å². The Morgan fingerprint density at radius 2 is 2.00 bits per heavy atom. The second-order valence-electron chi connectivity index (χ2n) is 7.08. The predicted octanol–water partition coefficient (Wildman–Crippen LogP) is 4.42. The van der Waals surface area contributed by atoms with Gasteiger partial charge in [0.2, 0.25) is 0 Å². The highest BCUT2D eigenvalue weighted by atomic mass is 32.1. The number of esters is 1. The molecule has 4 aromatic rings. The Hall–Kier alpha value is -3.72. The molecule has 1 N–H and O–H groups in total. The first-order chi connectivity index (χ1) is 15.4. The van der Waals surface area contributed by atoms with E-state index in [2.05, 4.69) is 15.3 Å². The molecule has 0 saturated heterocycles. The molecule has 1 amide bonds. The number of pyridine rings is 1. The summed E-state index contributed by atoms with van der Waals surface area (Å²) in [6, 6.07) is 10.8. The largest absolute Gasteiger partial charge is 0.487 e. The van der Waals surface area contributed by atoms with Gasteiger partial charge in [0.05, 0.1) is 18.0 Å². The van der Waals surface area contributed by atoms with Gasteiger partial charge < -0.3 is 13.9 Å². The average Bonchev–Trinajstić information content (AvgIpc) is 3.36. The van der Waals surface area contributed by atoms with E-state index in [-0.39, 0.29) is 19.1 Å². The van der Waals surface area contributed by atoms with Gasteiger partial charge in [-0.1, -0.05) is 23.5 Å². The lowest BCUT2D eigenvalue weighted by molar-refractivity contribution is 0.0531. The van der Waals surface area contributed by atoms with Gasteiger partial charge in [-0.3, -0.25) is 10.1 Å². The molecule has 0 unspecified atom stereocenters. The van der Waals surface area contributed by atoms with E-state index in [1.54, 1.807) is 38.1 Å². The lowest BCUT2D eigenvalue weighted by Gasteiger charge is -2.06. The van der Waals surface area contributed by atoms with Crippen LogP contribution in [0, 0.1) is 13.8 Å². The summed E-state index contributed by atoms with van der Waals surface area (Å²) in [7, 11) is 0. The van der Waals surface area contributed by atoms with Crippen LogP contribution >= 0.6 is 11.3 Å². The SMILES string of the molecule is CCOC(=O)c1sc(NC(=O)c2cccc(OCc3cn4cccc(C)c4n3)c2)nc1C. The summed E-state index contributed by atoms with van der Waals surface area (Å²) in [5.41, 5.74) is 3.70. The van der Waals surface area contributed by atoms with Gasteiger partial charge in [0, 0.05) is 18.0 Å². The number of amides is 1. The first kappa shape index (κ1) is 21.5. The Balaban J connectivity index is 1.43. The van der Waals surface area contributed by atoms with Crippen LogP contribution in [-0.2, 0) is 11.3 Å². The van der Waals surface area contributed by atoms with Gasteiger partial charge in [-0.05, 0) is 50.6 Å². The fourth-order valence-corrected chi connectivity index (χ4v) is 4.02. The van der Waals surface area contributed by atoms with E-state index in [9.17, 15) is 9.59 Å². The number of carbonyl (C=O) groups excluding carboxylic acids is 2. The summed E-state index contributed by atoms with van der Waals surface area (Å²) >= 11 is 1.09. The van der Waals surface area contributed by atoms with Crippen LogP contribution < -0.4 is 10.1 Å². The number of aryl methyl sites for hydroxylation is 2. The number of ether oxygens (including phenoxy) is 2. The molecule has 32 heavy (non-hydrogen) atoms. The summed E-state index contributed by atoms with van der Waals surface area (Å²) in [5, 5.41) is 3.07. The highest BCUT2D eigenvalue weighted by molar-refractivity contribution is 7.17. The van der Waals surface area contributed by atoms with E-state index in [0.29, 0.717) is 27.0 Å². The Bertz CT molecular complexity index is 1290. The summed E-state index contributed by atoms with van der Waals surface area (Å²) < 4.78 is 12.8. The minimum atomic E-state index is -0.444. The van der Waals surface area contributed by atoms with E-state index in [4.69, 9.17) is 9.47 Å². The predicted molar refractivity (Wildman–Crippen MR) is 121 cm³/mol. The van der Waals surface area contributed by atoms with Crippen molar-refractivity contribution in [3.05, 3.63) is 76.2 Å². The molecule has 0 aliphatic heterocycles. The zero-order chi connectivity index (χ0) is 22.7. The molecular weight excluding hydrogens is 428 g/mol. The molecule has 0 saturated carbocycles. The molecule has 0 aliphatic carbocycles. The maximum Gasteiger partial charge on any atom is 0.350 e. The number of thiazole rings is 1. The molecule has 8 nitrogen and oxygen atoms in total. The zero-order valence-corrected chi connectivity index (χ0v) is 18.7. The second-order valence-corrected chi connectivity index (χ2v) is 8.08. The van der Waals surface area contributed by atoms with E-state index in [1.807, 2.05) is 35.9 Å². The number of aromatic nitrogens is 3. The van der Waals surface area contributed by atoms with Crippen molar-refractivity contribution in [2.45, 2.75) is 27.4 Å². The lowest BCUT2D eigenvalue weighted by Crippen LogP contribution is -2.11. The third kappa shape index (κ3) is 4.62. The highest BCUT2D eigenvalue weighted by Crippen LogP contribution is 2.24. The number of imidazole rings is 1. The number of nitrogens with one attached hydrogen (secondary N) is 1. The normalized spacial score (nSPS) is 10.8. The maximum absolute atomic E-state index is 12.7. The van der Waals surface area contributed by atoms with Crippen LogP contribution in [0.1, 0.15) is 43.9 Å². The number of carbonyl (C=O) groups is 2. The average molecular weight is 451 g/mol. The van der Waals surface area contributed by atoms with Gasteiger partial charge in [0.15, 0.2) is 5.13 Å². The first-order valence-electron chi connectivity index (χ1n) is 10.1. The molecule has 0 aliphatic rings. The van der Waals surface area contributed by atoms with E-state index < -0.39 is 5.97 Å². The molecule has 0 fully saturated rings. The van der Waals surface area contributed by atoms with Gasteiger partial charge in [-0.25, -0.2) is 14.8 Å². The van der Waals surface area contributed by atoms with Crippen LogP contribution in [0.15, 0.2) is 48.8 Å². The molecule has 0 bridgehead atoms. The van der Waals surface area contributed by atoms with Gasteiger partial charge in [-0.2, -0.15) is 0 Å². The Morgan fingerprint density at radius 3 is 2.78 bits per heavy atom. The summed E-state index contributed by atoms with van der Waals surface area (Å²) in [6.07, 6.45) is 3.86. The molecule has 0 radical (unpaired) electrons. The van der Waals surface area contributed by atoms with Crippen LogP contribution in [0.3, 0.4) is 0 Å². The molecular formula is C23H22N4O4S. The molecule has 0 spiro atoms. The van der Waals surface area contributed by atoms with Crippen molar-refractivity contribution < 1.29 is 19.1 Å². The van der Waals surface area contributed by atoms with Crippen LogP contribution in [0.5, 0.6) is 5.75 Å². The van der Waals surface area contributed by atoms with Crippen molar-refractivity contribution in [2.75, 3.05) is 11.9 Å². The maximum atomic E-state index is 12.7. The van der Waals surface area contributed by atoms with E-state index >= 15 is 0 Å². The second kappa shape index (κ2) is 9.19.